The Bertz CT molecular complexity index is 1220. The highest BCUT2D eigenvalue weighted by Gasteiger charge is 2.19. The van der Waals surface area contributed by atoms with Crippen LogP contribution in [0.4, 0.5) is 10.1 Å². The van der Waals surface area contributed by atoms with Gasteiger partial charge in [-0.25, -0.2) is 12.8 Å². The van der Waals surface area contributed by atoms with Gasteiger partial charge in [0.2, 0.25) is 10.0 Å². The number of nitrogens with one attached hydrogen (secondary N) is 1. The van der Waals surface area contributed by atoms with Gasteiger partial charge in [0.25, 0.3) is 5.91 Å². The van der Waals surface area contributed by atoms with Crippen LogP contribution >= 0.6 is 11.8 Å². The molecule has 0 bridgehead atoms. The van der Waals surface area contributed by atoms with Crippen molar-refractivity contribution in [2.45, 2.75) is 24.4 Å². The zero-order valence-electron chi connectivity index (χ0n) is 19.2. The number of anilines is 1. The first-order valence-electron chi connectivity index (χ1n) is 10.5. The number of hydrogen-bond acceptors (Lipinski definition) is 5. The average molecular weight is 503 g/mol. The minimum atomic E-state index is -3.66. The minimum Gasteiger partial charge on any atom is -0.484 e. The molecule has 180 valence electrons. The minimum absolute atomic E-state index is 0.135. The van der Waals surface area contributed by atoms with Gasteiger partial charge in [-0.1, -0.05) is 30.3 Å². The van der Waals surface area contributed by atoms with Crippen LogP contribution < -0.4 is 14.4 Å². The first-order chi connectivity index (χ1) is 16.2. The molecule has 0 aromatic heterocycles. The third-order valence-corrected chi connectivity index (χ3v) is 7.04. The highest BCUT2D eigenvalue weighted by atomic mass is 32.2. The quantitative estimate of drug-likeness (QED) is 0.404. The van der Waals surface area contributed by atoms with E-state index in [1.165, 1.54) is 6.07 Å². The number of sulfonamides is 1. The number of rotatable bonds is 10. The molecule has 0 aliphatic heterocycles. The standard InChI is InChI=1S/C25H27FN2O4S2/c1-18(19-8-14-23(33-2)15-9-19)27-25(29)17-32-22-12-10-21(11-13-22)28(34(3,30)31)16-20-6-4-5-7-24(20)26/h4-15,18H,16-17H2,1-3H3,(H,27,29)/t18-/m0/s1. The van der Waals surface area contributed by atoms with Crippen LogP contribution in [-0.4, -0.2) is 33.4 Å². The van der Waals surface area contributed by atoms with Crippen molar-refractivity contribution >= 4 is 33.4 Å². The summed E-state index contributed by atoms with van der Waals surface area (Å²) >= 11 is 1.65. The van der Waals surface area contributed by atoms with Crippen LogP contribution in [0.15, 0.2) is 77.7 Å². The molecule has 0 fully saturated rings. The molecule has 9 heteroatoms. The number of ether oxygens (including phenoxy) is 1. The van der Waals surface area contributed by atoms with Gasteiger partial charge in [-0.05, 0) is 61.2 Å². The number of carbonyl (C=O) groups is 1. The maximum atomic E-state index is 14.0. The smallest absolute Gasteiger partial charge is 0.258 e. The number of halogens is 1. The summed E-state index contributed by atoms with van der Waals surface area (Å²) in [6, 6.07) is 20.1. The van der Waals surface area contributed by atoms with E-state index in [0.29, 0.717) is 11.4 Å². The second-order valence-corrected chi connectivity index (χ2v) is 10.5. The van der Waals surface area contributed by atoms with Crippen molar-refractivity contribution in [3.05, 3.63) is 89.7 Å². The molecule has 1 amide bonds. The van der Waals surface area contributed by atoms with Crippen molar-refractivity contribution < 1.29 is 22.3 Å². The molecule has 0 saturated carbocycles. The van der Waals surface area contributed by atoms with Gasteiger partial charge in [0.1, 0.15) is 11.6 Å². The van der Waals surface area contributed by atoms with E-state index >= 15 is 0 Å². The summed E-state index contributed by atoms with van der Waals surface area (Å²) in [6.45, 7) is 1.58. The van der Waals surface area contributed by atoms with Crippen LogP contribution in [0.3, 0.4) is 0 Å². The van der Waals surface area contributed by atoms with Crippen LogP contribution in [0.5, 0.6) is 5.75 Å². The van der Waals surface area contributed by atoms with Gasteiger partial charge in [0.05, 0.1) is 24.5 Å². The molecule has 0 saturated heterocycles. The molecule has 1 atom stereocenters. The monoisotopic (exact) mass is 502 g/mol. The summed E-state index contributed by atoms with van der Waals surface area (Å²) in [7, 11) is -3.66. The number of benzene rings is 3. The van der Waals surface area contributed by atoms with Gasteiger partial charge in [0.15, 0.2) is 6.61 Å². The molecule has 0 aliphatic carbocycles. The summed E-state index contributed by atoms with van der Waals surface area (Å²) in [5.74, 6) is -0.338. The first kappa shape index (κ1) is 25.6. The lowest BCUT2D eigenvalue weighted by atomic mass is 10.1. The Morgan fingerprint density at radius 3 is 2.29 bits per heavy atom. The van der Waals surface area contributed by atoms with E-state index in [1.54, 1.807) is 54.2 Å². The van der Waals surface area contributed by atoms with Gasteiger partial charge >= 0.3 is 0 Å². The largest absolute Gasteiger partial charge is 0.484 e. The SMILES string of the molecule is CSc1ccc([C@H](C)NC(=O)COc2ccc(N(Cc3ccccc3F)S(C)(=O)=O)cc2)cc1. The van der Waals surface area contributed by atoms with Crippen molar-refractivity contribution in [2.75, 3.05) is 23.4 Å². The summed E-state index contributed by atoms with van der Waals surface area (Å²) < 4.78 is 45.4. The van der Waals surface area contributed by atoms with Crippen molar-refractivity contribution in [1.82, 2.24) is 5.32 Å². The van der Waals surface area contributed by atoms with E-state index in [2.05, 4.69) is 5.32 Å². The second-order valence-electron chi connectivity index (χ2n) is 7.71. The predicted molar refractivity (Wildman–Crippen MR) is 134 cm³/mol. The topological polar surface area (TPSA) is 75.7 Å². The number of amides is 1. The second kappa shape index (κ2) is 11.4. The number of nitrogens with zero attached hydrogens (tertiary/aromatic N) is 1. The molecule has 0 radical (unpaired) electrons. The molecule has 1 N–H and O–H groups in total. The summed E-state index contributed by atoms with van der Waals surface area (Å²) in [6.07, 6.45) is 3.07. The Morgan fingerprint density at radius 1 is 1.06 bits per heavy atom. The van der Waals surface area contributed by atoms with Crippen molar-refractivity contribution in [2.24, 2.45) is 0 Å². The van der Waals surface area contributed by atoms with Crippen molar-refractivity contribution in [1.29, 1.82) is 0 Å². The van der Waals surface area contributed by atoms with Gasteiger partial charge in [-0.15, -0.1) is 11.8 Å². The van der Waals surface area contributed by atoms with E-state index in [4.69, 9.17) is 4.74 Å². The Hall–Kier alpha value is -3.04. The Balaban J connectivity index is 1.60. The Labute approximate surface area is 204 Å². The summed E-state index contributed by atoms with van der Waals surface area (Å²) in [4.78, 5) is 13.5. The number of thioether (sulfide) groups is 1. The average Bonchev–Trinajstić information content (AvgIpc) is 2.82. The van der Waals surface area contributed by atoms with Crippen LogP contribution in [-0.2, 0) is 21.4 Å². The molecule has 0 spiro atoms. The molecule has 3 rings (SSSR count). The number of hydrogen-bond donors (Lipinski definition) is 1. The van der Waals surface area contributed by atoms with Crippen LogP contribution in [0, 0.1) is 5.82 Å². The summed E-state index contributed by atoms with van der Waals surface area (Å²) in [5.41, 5.74) is 1.62. The van der Waals surface area contributed by atoms with Crippen LogP contribution in [0.1, 0.15) is 24.1 Å². The van der Waals surface area contributed by atoms with Crippen molar-refractivity contribution in [3.8, 4) is 5.75 Å². The lowest BCUT2D eigenvalue weighted by Crippen LogP contribution is -2.31. The van der Waals surface area contributed by atoms with Crippen LogP contribution in [0.2, 0.25) is 0 Å². The van der Waals surface area contributed by atoms with E-state index in [0.717, 1.165) is 21.0 Å². The molecule has 6 nitrogen and oxygen atoms in total. The Kier molecular flexibility index (Phi) is 8.57. The Morgan fingerprint density at radius 2 is 1.71 bits per heavy atom. The lowest BCUT2D eigenvalue weighted by molar-refractivity contribution is -0.123. The third-order valence-electron chi connectivity index (χ3n) is 5.16. The van der Waals surface area contributed by atoms with Crippen molar-refractivity contribution in [3.63, 3.8) is 0 Å². The van der Waals surface area contributed by atoms with E-state index in [1.807, 2.05) is 37.4 Å². The fourth-order valence-electron chi connectivity index (χ4n) is 3.30. The normalized spacial score (nSPS) is 12.1. The van der Waals surface area contributed by atoms with Gasteiger partial charge < -0.3 is 10.1 Å². The van der Waals surface area contributed by atoms with Gasteiger partial charge in [0, 0.05) is 10.5 Å². The molecule has 34 heavy (non-hydrogen) atoms. The maximum Gasteiger partial charge on any atom is 0.258 e. The van der Waals surface area contributed by atoms with E-state index < -0.39 is 15.8 Å². The summed E-state index contributed by atoms with van der Waals surface area (Å²) in [5, 5.41) is 2.89. The third kappa shape index (κ3) is 6.98. The molecule has 3 aromatic carbocycles. The van der Waals surface area contributed by atoms with E-state index in [9.17, 15) is 17.6 Å². The highest BCUT2D eigenvalue weighted by molar-refractivity contribution is 7.98. The van der Waals surface area contributed by atoms with Gasteiger partial charge in [-0.2, -0.15) is 0 Å². The first-order valence-corrected chi connectivity index (χ1v) is 13.6. The fraction of sp³-hybridized carbons (Fsp3) is 0.240. The zero-order chi connectivity index (χ0) is 24.7. The van der Waals surface area contributed by atoms with Gasteiger partial charge in [-0.3, -0.25) is 9.10 Å². The molecule has 0 aliphatic rings. The molecule has 3 aromatic rings. The number of carbonyl (C=O) groups excluding carboxylic acids is 1. The molecular weight excluding hydrogens is 475 g/mol. The maximum absolute atomic E-state index is 14.0. The highest BCUT2D eigenvalue weighted by Crippen LogP contribution is 2.24. The van der Waals surface area contributed by atoms with E-state index in [-0.39, 0.29) is 30.7 Å². The van der Waals surface area contributed by atoms with Crippen LogP contribution in [0.25, 0.3) is 0 Å². The lowest BCUT2D eigenvalue weighted by Gasteiger charge is -2.23. The molecule has 0 unspecified atom stereocenters. The molecular formula is C25H27FN2O4S2. The molecule has 0 heterocycles. The fourth-order valence-corrected chi connectivity index (χ4v) is 4.58. The predicted octanol–water partition coefficient (Wildman–Crippen LogP) is 4.77. The zero-order valence-corrected chi connectivity index (χ0v) is 20.8.